The van der Waals surface area contributed by atoms with Gasteiger partial charge in [-0.15, -0.1) is 11.3 Å². The largest absolute Gasteiger partial charge is 0.304 e. The molecular formula is C16H20N2S. The van der Waals surface area contributed by atoms with E-state index in [2.05, 4.69) is 46.9 Å². The third-order valence-corrected chi connectivity index (χ3v) is 4.66. The van der Waals surface area contributed by atoms with Crippen LogP contribution in [0.2, 0.25) is 0 Å². The van der Waals surface area contributed by atoms with Crippen LogP contribution in [0.3, 0.4) is 0 Å². The van der Waals surface area contributed by atoms with Crippen molar-refractivity contribution in [2.75, 3.05) is 0 Å². The highest BCUT2D eigenvalue weighted by Crippen LogP contribution is 2.41. The standard InChI is InChI=1S/C16H20N2S/c1-2-15(16-17-9-10-19-16)18-11-13-5-3-4-6-14(13)12-7-8-12/h3-6,9-10,12,15,18H,2,7-8,11H2,1H3. The Bertz CT molecular complexity index is 517. The van der Waals surface area contributed by atoms with Gasteiger partial charge in [-0.05, 0) is 36.3 Å². The normalized spacial score (nSPS) is 16.5. The van der Waals surface area contributed by atoms with E-state index in [1.54, 1.807) is 16.9 Å². The fourth-order valence-corrected chi connectivity index (χ4v) is 3.33. The molecule has 0 amide bonds. The second-order valence-corrected chi connectivity index (χ2v) is 6.11. The van der Waals surface area contributed by atoms with E-state index in [-0.39, 0.29) is 0 Å². The molecule has 3 rings (SSSR count). The van der Waals surface area contributed by atoms with Crippen molar-refractivity contribution in [2.24, 2.45) is 0 Å². The summed E-state index contributed by atoms with van der Waals surface area (Å²) in [6.07, 6.45) is 5.70. The zero-order valence-electron chi connectivity index (χ0n) is 11.3. The van der Waals surface area contributed by atoms with Gasteiger partial charge in [0.05, 0.1) is 6.04 Å². The fourth-order valence-electron chi connectivity index (χ4n) is 2.53. The number of benzene rings is 1. The van der Waals surface area contributed by atoms with Gasteiger partial charge >= 0.3 is 0 Å². The molecule has 0 bridgehead atoms. The minimum atomic E-state index is 0.382. The van der Waals surface area contributed by atoms with Gasteiger partial charge in [0, 0.05) is 18.1 Å². The van der Waals surface area contributed by atoms with Crippen LogP contribution in [0.25, 0.3) is 0 Å². The number of aromatic nitrogens is 1. The summed E-state index contributed by atoms with van der Waals surface area (Å²) in [5, 5.41) is 6.91. The summed E-state index contributed by atoms with van der Waals surface area (Å²) in [6, 6.07) is 9.24. The maximum Gasteiger partial charge on any atom is 0.109 e. The Morgan fingerprint density at radius 1 is 1.37 bits per heavy atom. The molecule has 1 aromatic carbocycles. The van der Waals surface area contributed by atoms with Gasteiger partial charge in [0.25, 0.3) is 0 Å². The lowest BCUT2D eigenvalue weighted by atomic mass is 10.0. The summed E-state index contributed by atoms with van der Waals surface area (Å²) in [7, 11) is 0. The summed E-state index contributed by atoms with van der Waals surface area (Å²) in [5.41, 5.74) is 3.00. The molecule has 19 heavy (non-hydrogen) atoms. The van der Waals surface area contributed by atoms with Gasteiger partial charge in [-0.2, -0.15) is 0 Å². The molecule has 2 aromatic rings. The fraction of sp³-hybridized carbons (Fsp3) is 0.438. The molecule has 1 saturated carbocycles. The monoisotopic (exact) mass is 272 g/mol. The van der Waals surface area contributed by atoms with Gasteiger partial charge in [0.2, 0.25) is 0 Å². The van der Waals surface area contributed by atoms with Gasteiger partial charge in [-0.25, -0.2) is 4.98 Å². The van der Waals surface area contributed by atoms with Gasteiger partial charge in [0.15, 0.2) is 0 Å². The van der Waals surface area contributed by atoms with Crippen molar-refractivity contribution in [3.05, 3.63) is 52.0 Å². The Hall–Kier alpha value is -1.19. The average Bonchev–Trinajstić information content (AvgIpc) is 3.16. The number of hydrogen-bond acceptors (Lipinski definition) is 3. The van der Waals surface area contributed by atoms with Crippen molar-refractivity contribution < 1.29 is 0 Å². The first-order valence-electron chi connectivity index (χ1n) is 7.09. The molecule has 1 aliphatic rings. The molecule has 1 aliphatic carbocycles. The zero-order chi connectivity index (χ0) is 13.1. The molecule has 1 aromatic heterocycles. The molecule has 100 valence electrons. The number of nitrogens with one attached hydrogen (secondary N) is 1. The number of nitrogens with zero attached hydrogens (tertiary/aromatic N) is 1. The molecule has 0 saturated heterocycles. The van der Waals surface area contributed by atoms with Crippen molar-refractivity contribution in [2.45, 2.75) is 44.7 Å². The minimum Gasteiger partial charge on any atom is -0.304 e. The van der Waals surface area contributed by atoms with Crippen LogP contribution in [-0.4, -0.2) is 4.98 Å². The molecule has 2 nitrogen and oxygen atoms in total. The van der Waals surface area contributed by atoms with E-state index < -0.39 is 0 Å². The highest BCUT2D eigenvalue weighted by molar-refractivity contribution is 7.09. The molecule has 0 aliphatic heterocycles. The quantitative estimate of drug-likeness (QED) is 0.850. The third kappa shape index (κ3) is 3.04. The first kappa shape index (κ1) is 12.8. The van der Waals surface area contributed by atoms with Crippen molar-refractivity contribution in [1.29, 1.82) is 0 Å². The zero-order valence-corrected chi connectivity index (χ0v) is 12.1. The Kier molecular flexibility index (Phi) is 3.95. The second kappa shape index (κ2) is 5.85. The maximum atomic E-state index is 4.43. The maximum absolute atomic E-state index is 4.43. The number of rotatable bonds is 6. The molecule has 1 atom stereocenters. The van der Waals surface area contributed by atoms with E-state index in [0.29, 0.717) is 6.04 Å². The molecular weight excluding hydrogens is 252 g/mol. The molecule has 3 heteroatoms. The predicted octanol–water partition coefficient (Wildman–Crippen LogP) is 4.26. The molecule has 0 spiro atoms. The smallest absolute Gasteiger partial charge is 0.109 e. The van der Waals surface area contributed by atoms with E-state index >= 15 is 0 Å². The van der Waals surface area contributed by atoms with Crippen LogP contribution in [0.5, 0.6) is 0 Å². The summed E-state index contributed by atoms with van der Waals surface area (Å²) >= 11 is 1.74. The second-order valence-electron chi connectivity index (χ2n) is 5.19. The summed E-state index contributed by atoms with van der Waals surface area (Å²) < 4.78 is 0. The highest BCUT2D eigenvalue weighted by Gasteiger charge is 2.25. The van der Waals surface area contributed by atoms with Crippen molar-refractivity contribution >= 4 is 11.3 Å². The van der Waals surface area contributed by atoms with Crippen LogP contribution in [-0.2, 0) is 6.54 Å². The molecule has 1 heterocycles. The van der Waals surface area contributed by atoms with Crippen LogP contribution in [0, 0.1) is 0 Å². The molecule has 1 unspecified atom stereocenters. The first-order chi connectivity index (χ1) is 9.38. The van der Waals surface area contributed by atoms with Crippen LogP contribution >= 0.6 is 11.3 Å². The van der Waals surface area contributed by atoms with Crippen LogP contribution < -0.4 is 5.32 Å². The predicted molar refractivity (Wildman–Crippen MR) is 80.4 cm³/mol. The summed E-state index contributed by atoms with van der Waals surface area (Å²) in [5.74, 6) is 0.818. The average molecular weight is 272 g/mol. The minimum absolute atomic E-state index is 0.382. The van der Waals surface area contributed by atoms with Crippen LogP contribution in [0.4, 0.5) is 0 Å². The van der Waals surface area contributed by atoms with E-state index in [9.17, 15) is 0 Å². The molecule has 1 fully saturated rings. The Labute approximate surface area is 118 Å². The van der Waals surface area contributed by atoms with Crippen LogP contribution in [0.15, 0.2) is 35.8 Å². The summed E-state index contributed by atoms with van der Waals surface area (Å²) in [6.45, 7) is 3.16. The lowest BCUT2D eigenvalue weighted by Crippen LogP contribution is -2.20. The first-order valence-corrected chi connectivity index (χ1v) is 7.97. The van der Waals surface area contributed by atoms with Crippen LogP contribution in [0.1, 0.15) is 54.3 Å². The summed E-state index contributed by atoms with van der Waals surface area (Å²) in [4.78, 5) is 4.43. The Morgan fingerprint density at radius 2 is 2.21 bits per heavy atom. The topological polar surface area (TPSA) is 24.9 Å². The van der Waals surface area contributed by atoms with E-state index in [4.69, 9.17) is 0 Å². The van der Waals surface area contributed by atoms with Crippen molar-refractivity contribution in [3.63, 3.8) is 0 Å². The van der Waals surface area contributed by atoms with Gasteiger partial charge in [-0.1, -0.05) is 31.2 Å². The van der Waals surface area contributed by atoms with Gasteiger partial charge in [0.1, 0.15) is 5.01 Å². The molecule has 0 radical (unpaired) electrons. The Morgan fingerprint density at radius 3 is 2.89 bits per heavy atom. The van der Waals surface area contributed by atoms with Crippen molar-refractivity contribution in [3.8, 4) is 0 Å². The van der Waals surface area contributed by atoms with Gasteiger partial charge < -0.3 is 5.32 Å². The lowest BCUT2D eigenvalue weighted by molar-refractivity contribution is 0.515. The van der Waals surface area contributed by atoms with Gasteiger partial charge in [-0.3, -0.25) is 0 Å². The van der Waals surface area contributed by atoms with E-state index in [1.807, 2.05) is 6.20 Å². The van der Waals surface area contributed by atoms with E-state index in [0.717, 1.165) is 18.9 Å². The lowest BCUT2D eigenvalue weighted by Gasteiger charge is -2.16. The van der Waals surface area contributed by atoms with Crippen molar-refractivity contribution in [1.82, 2.24) is 10.3 Å². The highest BCUT2D eigenvalue weighted by atomic mass is 32.1. The van der Waals surface area contributed by atoms with E-state index in [1.165, 1.54) is 23.4 Å². The number of hydrogen-bond donors (Lipinski definition) is 1. The number of thiazole rings is 1. The Balaban J connectivity index is 1.68. The third-order valence-electron chi connectivity index (χ3n) is 3.77. The molecule has 1 N–H and O–H groups in total. The SMILES string of the molecule is CCC(NCc1ccccc1C1CC1)c1nccs1.